The largest absolute Gasteiger partial charge is 0.393 e. The molecule has 0 radical (unpaired) electrons. The highest BCUT2D eigenvalue weighted by Crippen LogP contribution is 2.04. The van der Waals surface area contributed by atoms with Crippen molar-refractivity contribution < 1.29 is 4.79 Å². The predicted molar refractivity (Wildman–Crippen MR) is 78.4 cm³/mol. The summed E-state index contributed by atoms with van der Waals surface area (Å²) >= 11 is 4.76. The van der Waals surface area contributed by atoms with Gasteiger partial charge in [0.2, 0.25) is 5.91 Å². The maximum atomic E-state index is 11.5. The summed E-state index contributed by atoms with van der Waals surface area (Å²) in [6, 6.07) is 10.2. The van der Waals surface area contributed by atoms with E-state index in [4.69, 9.17) is 18.0 Å². The van der Waals surface area contributed by atoms with E-state index in [2.05, 4.69) is 17.4 Å². The van der Waals surface area contributed by atoms with Crippen LogP contribution in [0.25, 0.3) is 0 Å². The summed E-state index contributed by atoms with van der Waals surface area (Å²) in [5.41, 5.74) is 6.65. The van der Waals surface area contributed by atoms with Crippen LogP contribution in [-0.2, 0) is 11.2 Å². The molecule has 0 aliphatic rings. The number of rotatable bonds is 8. The normalized spacial score (nSPS) is 10.0. The summed E-state index contributed by atoms with van der Waals surface area (Å²) in [7, 11) is 0. The fraction of sp³-hybridized carbons (Fsp3) is 0.429. The molecule has 4 heteroatoms. The van der Waals surface area contributed by atoms with Crippen molar-refractivity contribution in [1.82, 2.24) is 5.32 Å². The molecule has 0 bridgehead atoms. The number of benzene rings is 1. The number of thiocarbonyl (C=S) groups is 1. The quantitative estimate of drug-likeness (QED) is 0.559. The minimum absolute atomic E-state index is 0.105. The van der Waals surface area contributed by atoms with Gasteiger partial charge in [-0.1, -0.05) is 42.5 Å². The summed E-state index contributed by atoms with van der Waals surface area (Å²) in [5.74, 6) is 0.105. The van der Waals surface area contributed by atoms with Crippen molar-refractivity contribution in [3.05, 3.63) is 35.9 Å². The zero-order valence-electron chi connectivity index (χ0n) is 10.5. The van der Waals surface area contributed by atoms with Gasteiger partial charge in [-0.25, -0.2) is 0 Å². The van der Waals surface area contributed by atoms with Gasteiger partial charge in [-0.2, -0.15) is 0 Å². The van der Waals surface area contributed by atoms with Crippen LogP contribution < -0.4 is 11.1 Å². The lowest BCUT2D eigenvalue weighted by Gasteiger charge is -2.05. The van der Waals surface area contributed by atoms with Gasteiger partial charge in [0.15, 0.2) is 0 Å². The molecule has 0 aliphatic heterocycles. The Kier molecular flexibility index (Phi) is 7.03. The number of nitrogens with one attached hydrogen (secondary N) is 1. The van der Waals surface area contributed by atoms with Crippen molar-refractivity contribution in [2.24, 2.45) is 5.73 Å². The van der Waals surface area contributed by atoms with E-state index in [0.717, 1.165) is 19.3 Å². The van der Waals surface area contributed by atoms with Crippen molar-refractivity contribution in [2.75, 3.05) is 6.54 Å². The topological polar surface area (TPSA) is 55.1 Å². The molecule has 1 amide bonds. The zero-order valence-corrected chi connectivity index (χ0v) is 11.3. The number of amides is 1. The van der Waals surface area contributed by atoms with E-state index in [-0.39, 0.29) is 5.91 Å². The van der Waals surface area contributed by atoms with E-state index in [0.29, 0.717) is 24.4 Å². The van der Waals surface area contributed by atoms with Gasteiger partial charge >= 0.3 is 0 Å². The second-order valence-electron chi connectivity index (χ2n) is 4.26. The van der Waals surface area contributed by atoms with Crippen LogP contribution in [0.3, 0.4) is 0 Å². The van der Waals surface area contributed by atoms with Crippen LogP contribution in [0.5, 0.6) is 0 Å². The standard InChI is InChI=1S/C14H20N2OS/c15-13(18)9-5-11-16-14(17)10-4-8-12-6-2-1-3-7-12/h1-3,6-7H,4-5,8-11H2,(H2,15,18)(H,16,17). The Morgan fingerprint density at radius 2 is 1.89 bits per heavy atom. The van der Waals surface area contributed by atoms with Gasteiger partial charge < -0.3 is 11.1 Å². The summed E-state index contributed by atoms with van der Waals surface area (Å²) in [6.45, 7) is 0.654. The molecule has 0 saturated carbocycles. The molecule has 3 nitrogen and oxygen atoms in total. The van der Waals surface area contributed by atoms with Crippen molar-refractivity contribution in [2.45, 2.75) is 32.1 Å². The van der Waals surface area contributed by atoms with Crippen LogP contribution in [0.15, 0.2) is 30.3 Å². The third-order valence-corrected chi connectivity index (χ3v) is 2.84. The lowest BCUT2D eigenvalue weighted by Crippen LogP contribution is -2.25. The van der Waals surface area contributed by atoms with Crippen LogP contribution in [-0.4, -0.2) is 17.4 Å². The smallest absolute Gasteiger partial charge is 0.220 e. The molecule has 18 heavy (non-hydrogen) atoms. The Hall–Kier alpha value is -1.42. The highest BCUT2D eigenvalue weighted by molar-refractivity contribution is 7.80. The Balaban J connectivity index is 2.05. The molecule has 0 spiro atoms. The molecule has 0 aliphatic carbocycles. The molecule has 0 fully saturated rings. The summed E-state index contributed by atoms with van der Waals surface area (Å²) < 4.78 is 0. The minimum Gasteiger partial charge on any atom is -0.393 e. The number of aryl methyl sites for hydroxylation is 1. The SMILES string of the molecule is NC(=S)CCCNC(=O)CCCc1ccccc1. The molecular weight excluding hydrogens is 244 g/mol. The van der Waals surface area contributed by atoms with E-state index < -0.39 is 0 Å². The highest BCUT2D eigenvalue weighted by Gasteiger charge is 2.01. The van der Waals surface area contributed by atoms with E-state index in [1.807, 2.05) is 18.2 Å². The maximum absolute atomic E-state index is 11.5. The van der Waals surface area contributed by atoms with Crippen molar-refractivity contribution in [3.8, 4) is 0 Å². The fourth-order valence-electron chi connectivity index (χ4n) is 1.68. The van der Waals surface area contributed by atoms with Gasteiger partial charge in [-0.05, 0) is 31.2 Å². The average molecular weight is 264 g/mol. The van der Waals surface area contributed by atoms with Gasteiger partial charge in [0, 0.05) is 13.0 Å². The minimum atomic E-state index is 0.105. The molecule has 0 heterocycles. The van der Waals surface area contributed by atoms with Crippen LogP contribution in [0, 0.1) is 0 Å². The molecule has 0 aromatic heterocycles. The molecule has 0 atom stereocenters. The maximum Gasteiger partial charge on any atom is 0.220 e. The molecule has 1 aromatic rings. The molecule has 1 aromatic carbocycles. The van der Waals surface area contributed by atoms with Gasteiger partial charge in [0.25, 0.3) is 0 Å². The number of hydrogen-bond acceptors (Lipinski definition) is 2. The zero-order chi connectivity index (χ0) is 13.2. The number of carbonyl (C=O) groups excluding carboxylic acids is 1. The molecule has 1 rings (SSSR count). The van der Waals surface area contributed by atoms with E-state index in [9.17, 15) is 4.79 Å². The van der Waals surface area contributed by atoms with Crippen LogP contribution in [0.2, 0.25) is 0 Å². The van der Waals surface area contributed by atoms with Crippen molar-refractivity contribution >= 4 is 23.1 Å². The Morgan fingerprint density at radius 3 is 2.56 bits per heavy atom. The predicted octanol–water partition coefficient (Wildman–Crippen LogP) is 2.19. The molecule has 0 saturated heterocycles. The third kappa shape index (κ3) is 7.01. The first kappa shape index (κ1) is 14.6. The first-order valence-electron chi connectivity index (χ1n) is 6.27. The summed E-state index contributed by atoms with van der Waals surface area (Å²) in [4.78, 5) is 12.0. The van der Waals surface area contributed by atoms with Crippen LogP contribution in [0.4, 0.5) is 0 Å². The first-order chi connectivity index (χ1) is 8.68. The number of hydrogen-bond donors (Lipinski definition) is 2. The second-order valence-corrected chi connectivity index (χ2v) is 4.78. The lowest BCUT2D eigenvalue weighted by atomic mass is 10.1. The van der Waals surface area contributed by atoms with E-state index in [1.165, 1.54) is 5.56 Å². The first-order valence-corrected chi connectivity index (χ1v) is 6.68. The van der Waals surface area contributed by atoms with Gasteiger partial charge in [0.1, 0.15) is 0 Å². The summed E-state index contributed by atoms with van der Waals surface area (Å²) in [5, 5.41) is 2.87. The molecule has 0 unspecified atom stereocenters. The van der Waals surface area contributed by atoms with Crippen LogP contribution in [0.1, 0.15) is 31.2 Å². The Morgan fingerprint density at radius 1 is 1.17 bits per heavy atom. The van der Waals surface area contributed by atoms with Gasteiger partial charge in [0.05, 0.1) is 4.99 Å². The van der Waals surface area contributed by atoms with Crippen LogP contribution >= 0.6 is 12.2 Å². The highest BCUT2D eigenvalue weighted by atomic mass is 32.1. The van der Waals surface area contributed by atoms with Gasteiger partial charge in [-0.3, -0.25) is 4.79 Å². The Labute approximate surface area is 114 Å². The second kappa shape index (κ2) is 8.64. The number of nitrogens with two attached hydrogens (primary N) is 1. The summed E-state index contributed by atoms with van der Waals surface area (Å²) in [6.07, 6.45) is 3.91. The molecule has 98 valence electrons. The Bertz CT molecular complexity index is 379. The monoisotopic (exact) mass is 264 g/mol. The van der Waals surface area contributed by atoms with Gasteiger partial charge in [-0.15, -0.1) is 0 Å². The number of carbonyl (C=O) groups is 1. The fourth-order valence-corrected chi connectivity index (χ4v) is 1.82. The third-order valence-electron chi connectivity index (χ3n) is 2.63. The van der Waals surface area contributed by atoms with Crippen molar-refractivity contribution in [3.63, 3.8) is 0 Å². The molecular formula is C14H20N2OS. The van der Waals surface area contributed by atoms with E-state index in [1.54, 1.807) is 0 Å². The average Bonchev–Trinajstić information content (AvgIpc) is 2.36. The van der Waals surface area contributed by atoms with E-state index >= 15 is 0 Å². The molecule has 3 N–H and O–H groups in total. The lowest BCUT2D eigenvalue weighted by molar-refractivity contribution is -0.121. The van der Waals surface area contributed by atoms with Crippen molar-refractivity contribution in [1.29, 1.82) is 0 Å².